The van der Waals surface area contributed by atoms with Crippen LogP contribution < -0.4 is 0 Å². The normalized spacial score (nSPS) is 44.2. The number of hydrogen-bond acceptors (Lipinski definition) is 3. The van der Waals surface area contributed by atoms with Gasteiger partial charge in [-0.1, -0.05) is 12.8 Å². The van der Waals surface area contributed by atoms with E-state index in [4.69, 9.17) is 0 Å². The summed E-state index contributed by atoms with van der Waals surface area (Å²) < 4.78 is 0. The lowest BCUT2D eigenvalue weighted by molar-refractivity contribution is -0.0388. The molecule has 0 aromatic heterocycles. The lowest BCUT2D eigenvalue weighted by Gasteiger charge is -2.50. The molecule has 20 heavy (non-hydrogen) atoms. The van der Waals surface area contributed by atoms with E-state index in [0.717, 1.165) is 24.4 Å². The fourth-order valence-electron chi connectivity index (χ4n) is 5.15. The van der Waals surface area contributed by atoms with E-state index >= 15 is 0 Å². The first-order valence-corrected chi connectivity index (χ1v) is 9.01. The number of rotatable bonds is 2. The fourth-order valence-corrected chi connectivity index (χ4v) is 5.15. The molecule has 2 aliphatic carbocycles. The van der Waals surface area contributed by atoms with Crippen molar-refractivity contribution < 1.29 is 5.11 Å². The Morgan fingerprint density at radius 1 is 0.750 bits per heavy atom. The smallest absolute Gasteiger partial charge is 0.0695 e. The first-order chi connectivity index (χ1) is 9.83. The summed E-state index contributed by atoms with van der Waals surface area (Å²) in [7, 11) is 0. The molecule has 0 spiro atoms. The van der Waals surface area contributed by atoms with Crippen molar-refractivity contribution in [2.45, 2.75) is 82.0 Å². The summed E-state index contributed by atoms with van der Waals surface area (Å²) in [6.45, 7) is 3.85. The SMILES string of the molecule is OC1CCCCC1N1CCC2C(CCCN2C2CC2)C1. The van der Waals surface area contributed by atoms with Crippen molar-refractivity contribution in [3.8, 4) is 0 Å². The molecule has 114 valence electrons. The number of aliphatic hydroxyl groups is 1. The largest absolute Gasteiger partial charge is 0.391 e. The van der Waals surface area contributed by atoms with Gasteiger partial charge in [-0.05, 0) is 57.4 Å². The van der Waals surface area contributed by atoms with Crippen LogP contribution in [0.5, 0.6) is 0 Å². The van der Waals surface area contributed by atoms with Crippen LogP contribution in [-0.4, -0.2) is 58.8 Å². The number of nitrogens with zero attached hydrogens (tertiary/aromatic N) is 2. The summed E-state index contributed by atoms with van der Waals surface area (Å²) in [5.74, 6) is 0.882. The standard InChI is InChI=1S/C17H30N2O/c20-17-6-2-1-5-16(17)18-11-9-15-13(12-18)4-3-10-19(15)14-7-8-14/h13-17,20H,1-12H2. The minimum Gasteiger partial charge on any atom is -0.391 e. The molecule has 4 fully saturated rings. The molecule has 3 heteroatoms. The lowest BCUT2D eigenvalue weighted by Crippen LogP contribution is -2.58. The number of piperidine rings is 2. The molecule has 2 saturated carbocycles. The van der Waals surface area contributed by atoms with E-state index < -0.39 is 0 Å². The second-order valence-corrected chi connectivity index (χ2v) is 7.64. The van der Waals surface area contributed by atoms with Gasteiger partial charge in [-0.15, -0.1) is 0 Å². The zero-order chi connectivity index (χ0) is 13.5. The maximum atomic E-state index is 10.3. The highest BCUT2D eigenvalue weighted by Crippen LogP contribution is 2.39. The van der Waals surface area contributed by atoms with Crippen molar-refractivity contribution in [1.29, 1.82) is 0 Å². The highest BCUT2D eigenvalue weighted by atomic mass is 16.3. The van der Waals surface area contributed by atoms with E-state index in [1.54, 1.807) is 0 Å². The Bertz CT molecular complexity index is 344. The molecule has 0 amide bonds. The first-order valence-electron chi connectivity index (χ1n) is 9.01. The average Bonchev–Trinajstić information content (AvgIpc) is 3.31. The quantitative estimate of drug-likeness (QED) is 0.839. The Balaban J connectivity index is 1.41. The minimum atomic E-state index is -0.0524. The molecular weight excluding hydrogens is 248 g/mol. The van der Waals surface area contributed by atoms with Gasteiger partial charge >= 0.3 is 0 Å². The second-order valence-electron chi connectivity index (χ2n) is 7.64. The Morgan fingerprint density at radius 3 is 2.40 bits per heavy atom. The Kier molecular flexibility index (Phi) is 3.78. The highest BCUT2D eigenvalue weighted by Gasteiger charge is 2.43. The minimum absolute atomic E-state index is 0.0524. The molecular formula is C17H30N2O. The Hall–Kier alpha value is -0.120. The molecule has 0 radical (unpaired) electrons. The van der Waals surface area contributed by atoms with Crippen LogP contribution in [0.15, 0.2) is 0 Å². The van der Waals surface area contributed by atoms with Crippen LogP contribution in [0, 0.1) is 5.92 Å². The molecule has 4 rings (SSSR count). The van der Waals surface area contributed by atoms with Crippen LogP contribution in [0.2, 0.25) is 0 Å². The van der Waals surface area contributed by atoms with E-state index in [-0.39, 0.29) is 6.10 Å². The number of fused-ring (bicyclic) bond motifs is 1. The summed E-state index contributed by atoms with van der Waals surface area (Å²) >= 11 is 0. The van der Waals surface area contributed by atoms with Gasteiger partial charge in [0.25, 0.3) is 0 Å². The van der Waals surface area contributed by atoms with E-state index in [0.29, 0.717) is 6.04 Å². The van der Waals surface area contributed by atoms with Crippen LogP contribution in [0.4, 0.5) is 0 Å². The lowest BCUT2D eigenvalue weighted by atomic mass is 9.81. The summed E-state index contributed by atoms with van der Waals surface area (Å²) in [4.78, 5) is 5.50. The van der Waals surface area contributed by atoms with Crippen molar-refractivity contribution in [2.24, 2.45) is 5.92 Å². The van der Waals surface area contributed by atoms with Gasteiger partial charge in [0, 0.05) is 31.2 Å². The third kappa shape index (κ3) is 2.53. The van der Waals surface area contributed by atoms with Crippen LogP contribution in [0.1, 0.15) is 57.8 Å². The van der Waals surface area contributed by atoms with Crippen molar-refractivity contribution in [1.82, 2.24) is 9.80 Å². The third-order valence-corrected chi connectivity index (χ3v) is 6.32. The fraction of sp³-hybridized carbons (Fsp3) is 1.00. The second kappa shape index (κ2) is 5.58. The zero-order valence-corrected chi connectivity index (χ0v) is 12.7. The molecule has 4 atom stereocenters. The van der Waals surface area contributed by atoms with E-state index in [1.807, 2.05) is 0 Å². The van der Waals surface area contributed by atoms with Crippen LogP contribution >= 0.6 is 0 Å². The molecule has 2 saturated heterocycles. The van der Waals surface area contributed by atoms with Gasteiger partial charge in [0.15, 0.2) is 0 Å². The molecule has 2 aliphatic heterocycles. The monoisotopic (exact) mass is 278 g/mol. The van der Waals surface area contributed by atoms with Gasteiger partial charge in [-0.3, -0.25) is 9.80 Å². The molecule has 0 aromatic rings. The predicted octanol–water partition coefficient (Wildman–Crippen LogP) is 2.24. The maximum absolute atomic E-state index is 10.3. The van der Waals surface area contributed by atoms with Gasteiger partial charge in [0.05, 0.1) is 6.10 Å². The average molecular weight is 278 g/mol. The van der Waals surface area contributed by atoms with Crippen molar-refractivity contribution >= 4 is 0 Å². The number of aliphatic hydroxyl groups excluding tert-OH is 1. The van der Waals surface area contributed by atoms with Gasteiger partial charge in [-0.25, -0.2) is 0 Å². The Labute approximate surface area is 123 Å². The summed E-state index contributed by atoms with van der Waals surface area (Å²) in [5, 5.41) is 10.3. The van der Waals surface area contributed by atoms with Crippen molar-refractivity contribution in [3.63, 3.8) is 0 Å². The zero-order valence-electron chi connectivity index (χ0n) is 12.7. The van der Waals surface area contributed by atoms with Gasteiger partial charge < -0.3 is 5.11 Å². The van der Waals surface area contributed by atoms with E-state index in [9.17, 15) is 5.11 Å². The topological polar surface area (TPSA) is 26.7 Å². The van der Waals surface area contributed by atoms with E-state index in [2.05, 4.69) is 9.80 Å². The summed E-state index contributed by atoms with van der Waals surface area (Å²) in [6, 6.07) is 2.28. The van der Waals surface area contributed by atoms with Crippen molar-refractivity contribution in [2.75, 3.05) is 19.6 Å². The highest BCUT2D eigenvalue weighted by molar-refractivity contribution is 4.98. The van der Waals surface area contributed by atoms with Gasteiger partial charge in [0.2, 0.25) is 0 Å². The Morgan fingerprint density at radius 2 is 1.60 bits per heavy atom. The van der Waals surface area contributed by atoms with Gasteiger partial charge in [0.1, 0.15) is 0 Å². The van der Waals surface area contributed by atoms with Crippen LogP contribution in [0.25, 0.3) is 0 Å². The molecule has 3 nitrogen and oxygen atoms in total. The molecule has 1 N–H and O–H groups in total. The molecule has 2 heterocycles. The molecule has 0 bridgehead atoms. The van der Waals surface area contributed by atoms with E-state index in [1.165, 1.54) is 71.0 Å². The van der Waals surface area contributed by atoms with Gasteiger partial charge in [-0.2, -0.15) is 0 Å². The maximum Gasteiger partial charge on any atom is 0.0695 e. The third-order valence-electron chi connectivity index (χ3n) is 6.32. The van der Waals surface area contributed by atoms with Crippen LogP contribution in [-0.2, 0) is 0 Å². The molecule has 0 aromatic carbocycles. The first kappa shape index (κ1) is 13.5. The number of likely N-dealkylation sites (tertiary alicyclic amines) is 2. The summed E-state index contributed by atoms with van der Waals surface area (Å²) in [6.07, 6.45) is 11.8. The van der Waals surface area contributed by atoms with Crippen molar-refractivity contribution in [3.05, 3.63) is 0 Å². The van der Waals surface area contributed by atoms with Crippen LogP contribution in [0.3, 0.4) is 0 Å². The summed E-state index contributed by atoms with van der Waals surface area (Å²) in [5.41, 5.74) is 0. The molecule has 4 unspecified atom stereocenters. The predicted molar refractivity (Wildman–Crippen MR) is 80.7 cm³/mol. The molecule has 4 aliphatic rings. The number of hydrogen-bond donors (Lipinski definition) is 1.